The molecule has 0 aromatic carbocycles. The van der Waals surface area contributed by atoms with Crippen LogP contribution in [-0.4, -0.2) is 44.8 Å². The molecule has 1 aliphatic rings. The van der Waals surface area contributed by atoms with E-state index in [1.165, 1.54) is 0 Å². The third-order valence-electron chi connectivity index (χ3n) is 4.40. The number of aryl methyl sites for hydroxylation is 2. The molecule has 2 aromatic heterocycles. The van der Waals surface area contributed by atoms with Crippen molar-refractivity contribution >= 4 is 5.91 Å². The number of amides is 1. The first-order valence-electron chi connectivity index (χ1n) is 8.49. The minimum absolute atomic E-state index is 0.0366. The zero-order chi connectivity index (χ0) is 17.1. The maximum Gasteiger partial charge on any atom is 0.255 e. The Bertz CT molecular complexity index is 708. The number of hydrogen-bond donors (Lipinski definition) is 0. The molecule has 1 fully saturated rings. The third kappa shape index (κ3) is 3.42. The van der Waals surface area contributed by atoms with Crippen molar-refractivity contribution in [2.45, 2.75) is 46.2 Å². The molecule has 0 spiro atoms. The zero-order valence-corrected chi connectivity index (χ0v) is 14.5. The van der Waals surface area contributed by atoms with Gasteiger partial charge in [0.25, 0.3) is 5.91 Å². The summed E-state index contributed by atoms with van der Waals surface area (Å²) >= 11 is 0. The van der Waals surface area contributed by atoms with Crippen LogP contribution in [0.1, 0.15) is 41.5 Å². The molecule has 6 nitrogen and oxygen atoms in total. The Kier molecular flexibility index (Phi) is 4.83. The quantitative estimate of drug-likeness (QED) is 0.846. The second-order valence-corrected chi connectivity index (χ2v) is 6.22. The summed E-state index contributed by atoms with van der Waals surface area (Å²) in [5.74, 6) is 0.587. The van der Waals surface area contributed by atoms with Crippen LogP contribution >= 0.6 is 0 Å². The maximum absolute atomic E-state index is 12.8. The van der Waals surface area contributed by atoms with Gasteiger partial charge >= 0.3 is 0 Å². The second-order valence-electron chi connectivity index (χ2n) is 6.22. The highest BCUT2D eigenvalue weighted by atomic mass is 16.5. The average Bonchev–Trinajstić information content (AvgIpc) is 3.14. The molecule has 6 heteroatoms. The Balaban J connectivity index is 1.72. The van der Waals surface area contributed by atoms with E-state index in [0.717, 1.165) is 37.3 Å². The number of aromatic nitrogens is 3. The number of hydrogen-bond acceptors (Lipinski definition) is 4. The largest absolute Gasteiger partial charge is 0.478 e. The number of nitrogens with zero attached hydrogens (tertiary/aromatic N) is 4. The lowest BCUT2D eigenvalue weighted by atomic mass is 10.2. The zero-order valence-electron chi connectivity index (χ0n) is 14.5. The van der Waals surface area contributed by atoms with Crippen LogP contribution in [0.5, 0.6) is 5.88 Å². The van der Waals surface area contributed by atoms with Crippen LogP contribution in [0, 0.1) is 13.8 Å². The van der Waals surface area contributed by atoms with Gasteiger partial charge in [0.2, 0.25) is 5.88 Å². The molecular formula is C18H24N4O2. The molecule has 0 unspecified atom stereocenters. The summed E-state index contributed by atoms with van der Waals surface area (Å²) in [7, 11) is 0. The number of carbonyl (C=O) groups excluding carboxylic acids is 1. The van der Waals surface area contributed by atoms with Crippen molar-refractivity contribution in [1.82, 2.24) is 19.7 Å². The van der Waals surface area contributed by atoms with Gasteiger partial charge in [-0.1, -0.05) is 0 Å². The summed E-state index contributed by atoms with van der Waals surface area (Å²) in [6, 6.07) is 5.79. The average molecular weight is 328 g/mol. The Morgan fingerprint density at radius 2 is 2.21 bits per heavy atom. The SMILES string of the molecule is CCOc1ccc(C(=O)N2CCC[C@H]2Cn2nc(C)cc2C)cn1. The summed E-state index contributed by atoms with van der Waals surface area (Å²) in [4.78, 5) is 19.0. The first-order chi connectivity index (χ1) is 11.6. The van der Waals surface area contributed by atoms with Crippen molar-refractivity contribution in [3.8, 4) is 5.88 Å². The first-order valence-corrected chi connectivity index (χ1v) is 8.49. The van der Waals surface area contributed by atoms with E-state index in [2.05, 4.69) is 23.1 Å². The van der Waals surface area contributed by atoms with E-state index in [1.54, 1.807) is 18.3 Å². The first kappa shape index (κ1) is 16.5. The van der Waals surface area contributed by atoms with Crippen molar-refractivity contribution < 1.29 is 9.53 Å². The molecule has 1 saturated heterocycles. The van der Waals surface area contributed by atoms with E-state index >= 15 is 0 Å². The molecule has 24 heavy (non-hydrogen) atoms. The minimum atomic E-state index is 0.0366. The van der Waals surface area contributed by atoms with E-state index in [1.807, 2.05) is 23.4 Å². The summed E-state index contributed by atoms with van der Waals surface area (Å²) in [6.45, 7) is 8.06. The van der Waals surface area contributed by atoms with Gasteiger partial charge in [-0.05, 0) is 45.7 Å². The van der Waals surface area contributed by atoms with Gasteiger partial charge in [0, 0.05) is 24.5 Å². The maximum atomic E-state index is 12.8. The lowest BCUT2D eigenvalue weighted by Crippen LogP contribution is -2.38. The summed E-state index contributed by atoms with van der Waals surface area (Å²) in [5.41, 5.74) is 2.76. The number of rotatable bonds is 5. The van der Waals surface area contributed by atoms with Crippen LogP contribution < -0.4 is 4.74 Å². The highest BCUT2D eigenvalue weighted by Gasteiger charge is 2.30. The standard InChI is InChI=1S/C18H24N4O2/c1-4-24-17-8-7-15(11-19-17)18(23)21-9-5-6-16(21)12-22-14(3)10-13(2)20-22/h7-8,10-11,16H,4-6,9,12H2,1-3H3/t16-/m0/s1. The van der Waals surface area contributed by atoms with Gasteiger partial charge < -0.3 is 9.64 Å². The molecule has 128 valence electrons. The van der Waals surface area contributed by atoms with E-state index in [0.29, 0.717) is 18.1 Å². The fraction of sp³-hybridized carbons (Fsp3) is 0.500. The van der Waals surface area contributed by atoms with Gasteiger partial charge in [-0.3, -0.25) is 9.48 Å². The summed E-state index contributed by atoms with van der Waals surface area (Å²) < 4.78 is 7.34. The van der Waals surface area contributed by atoms with Gasteiger partial charge in [-0.15, -0.1) is 0 Å². The molecule has 1 aliphatic heterocycles. The molecule has 0 aliphatic carbocycles. The molecule has 0 saturated carbocycles. The Morgan fingerprint density at radius 3 is 2.83 bits per heavy atom. The van der Waals surface area contributed by atoms with E-state index in [9.17, 15) is 4.79 Å². The van der Waals surface area contributed by atoms with Gasteiger partial charge in [0.1, 0.15) is 0 Å². The molecule has 0 N–H and O–H groups in total. The molecular weight excluding hydrogens is 304 g/mol. The normalized spacial score (nSPS) is 17.3. The molecule has 3 heterocycles. The van der Waals surface area contributed by atoms with Gasteiger partial charge in [-0.2, -0.15) is 5.10 Å². The van der Waals surface area contributed by atoms with E-state index in [4.69, 9.17) is 4.74 Å². The van der Waals surface area contributed by atoms with E-state index < -0.39 is 0 Å². The predicted octanol–water partition coefficient (Wildman–Crippen LogP) is 2.60. The van der Waals surface area contributed by atoms with Crippen molar-refractivity contribution in [3.63, 3.8) is 0 Å². The van der Waals surface area contributed by atoms with Crippen LogP contribution in [-0.2, 0) is 6.54 Å². The number of likely N-dealkylation sites (tertiary alicyclic amines) is 1. The topological polar surface area (TPSA) is 60.2 Å². The molecule has 1 atom stereocenters. The van der Waals surface area contributed by atoms with Crippen LogP contribution in [0.2, 0.25) is 0 Å². The van der Waals surface area contributed by atoms with E-state index in [-0.39, 0.29) is 11.9 Å². The van der Waals surface area contributed by atoms with Gasteiger partial charge in [0.15, 0.2) is 0 Å². The van der Waals surface area contributed by atoms with Crippen LogP contribution in [0.15, 0.2) is 24.4 Å². The molecule has 3 rings (SSSR count). The van der Waals surface area contributed by atoms with Crippen molar-refractivity contribution in [2.75, 3.05) is 13.2 Å². The van der Waals surface area contributed by atoms with Crippen molar-refractivity contribution in [1.29, 1.82) is 0 Å². The smallest absolute Gasteiger partial charge is 0.255 e. The highest BCUT2D eigenvalue weighted by molar-refractivity contribution is 5.94. The van der Waals surface area contributed by atoms with Crippen LogP contribution in [0.4, 0.5) is 0 Å². The Labute approximate surface area is 142 Å². The van der Waals surface area contributed by atoms with Gasteiger partial charge in [0.05, 0.1) is 30.5 Å². The number of pyridine rings is 1. The fourth-order valence-electron chi connectivity index (χ4n) is 3.26. The Morgan fingerprint density at radius 1 is 1.38 bits per heavy atom. The summed E-state index contributed by atoms with van der Waals surface area (Å²) in [6.07, 6.45) is 3.64. The lowest BCUT2D eigenvalue weighted by molar-refractivity contribution is 0.0720. The van der Waals surface area contributed by atoms with Crippen LogP contribution in [0.25, 0.3) is 0 Å². The molecule has 0 radical (unpaired) electrons. The predicted molar refractivity (Wildman–Crippen MR) is 91.2 cm³/mol. The fourth-order valence-corrected chi connectivity index (χ4v) is 3.26. The number of ether oxygens (including phenoxy) is 1. The lowest BCUT2D eigenvalue weighted by Gasteiger charge is -2.25. The Hall–Kier alpha value is -2.37. The van der Waals surface area contributed by atoms with Crippen LogP contribution in [0.3, 0.4) is 0 Å². The van der Waals surface area contributed by atoms with Crippen molar-refractivity contribution in [2.24, 2.45) is 0 Å². The van der Waals surface area contributed by atoms with Crippen molar-refractivity contribution in [3.05, 3.63) is 41.3 Å². The highest BCUT2D eigenvalue weighted by Crippen LogP contribution is 2.22. The molecule has 0 bridgehead atoms. The minimum Gasteiger partial charge on any atom is -0.478 e. The summed E-state index contributed by atoms with van der Waals surface area (Å²) in [5, 5.41) is 4.52. The molecule has 1 amide bonds. The second kappa shape index (κ2) is 7.03. The number of carbonyl (C=O) groups is 1. The van der Waals surface area contributed by atoms with Gasteiger partial charge in [-0.25, -0.2) is 4.98 Å². The third-order valence-corrected chi connectivity index (χ3v) is 4.40. The monoisotopic (exact) mass is 328 g/mol. The molecule has 2 aromatic rings.